The Hall–Kier alpha value is -0.500. The van der Waals surface area contributed by atoms with Gasteiger partial charge in [-0.15, -0.1) is 0 Å². The van der Waals surface area contributed by atoms with E-state index < -0.39 is 15.8 Å². The van der Waals surface area contributed by atoms with Crippen molar-refractivity contribution in [3.8, 4) is 0 Å². The Morgan fingerprint density at radius 3 is 2.53 bits per heavy atom. The van der Waals surface area contributed by atoms with Gasteiger partial charge in [-0.05, 0) is 34.1 Å². The van der Waals surface area contributed by atoms with Gasteiger partial charge in [0.15, 0.2) is 0 Å². The molecule has 15 heavy (non-hydrogen) atoms. The van der Waals surface area contributed by atoms with Gasteiger partial charge in [-0.2, -0.15) is 0 Å². The summed E-state index contributed by atoms with van der Waals surface area (Å²) in [4.78, 5) is 4.54. The summed E-state index contributed by atoms with van der Waals surface area (Å²) in [5.41, 5.74) is 0. The lowest BCUT2D eigenvalue weighted by Gasteiger charge is -2.14. The van der Waals surface area contributed by atoms with Crippen molar-refractivity contribution in [2.75, 3.05) is 14.2 Å². The van der Waals surface area contributed by atoms with E-state index in [4.69, 9.17) is 0 Å². The third-order valence-corrected chi connectivity index (χ3v) is 4.42. The number of nitrogens with zero attached hydrogens (tertiary/aromatic N) is 1. The molecule has 7 heteroatoms. The van der Waals surface area contributed by atoms with Crippen LogP contribution < -0.4 is 0 Å². The highest BCUT2D eigenvalue weighted by Gasteiger charge is 2.23. The first-order valence-electron chi connectivity index (χ1n) is 3.87. The summed E-state index contributed by atoms with van der Waals surface area (Å²) >= 11 is 2.98. The summed E-state index contributed by atoms with van der Waals surface area (Å²) in [6.45, 7) is 0. The van der Waals surface area contributed by atoms with Gasteiger partial charge in [-0.25, -0.2) is 12.8 Å². The van der Waals surface area contributed by atoms with Crippen molar-refractivity contribution in [2.24, 2.45) is 0 Å². The predicted molar refractivity (Wildman–Crippen MR) is 56.1 cm³/mol. The summed E-state index contributed by atoms with van der Waals surface area (Å²) < 4.78 is 37.1. The second-order valence-corrected chi connectivity index (χ2v) is 5.43. The minimum Gasteiger partial charge on any atom is -0.288 e. The van der Waals surface area contributed by atoms with E-state index in [0.29, 0.717) is 4.47 Å². The van der Waals surface area contributed by atoms with Gasteiger partial charge in [0.05, 0.1) is 12.0 Å². The van der Waals surface area contributed by atoms with E-state index in [9.17, 15) is 12.8 Å². The first-order valence-corrected chi connectivity index (χ1v) is 6.11. The molecule has 0 bridgehead atoms. The molecule has 0 saturated carbocycles. The van der Waals surface area contributed by atoms with Crippen molar-refractivity contribution in [3.63, 3.8) is 0 Å². The van der Waals surface area contributed by atoms with Gasteiger partial charge in [-0.1, -0.05) is 4.47 Å². The Balaban J connectivity index is 3.28. The normalized spacial score (nSPS) is 12.1. The van der Waals surface area contributed by atoms with Crippen LogP contribution in [0.4, 0.5) is 4.39 Å². The second-order valence-electron chi connectivity index (χ2n) is 2.67. The van der Waals surface area contributed by atoms with Gasteiger partial charge in [0.25, 0.3) is 10.0 Å². The Morgan fingerprint density at radius 2 is 2.07 bits per heavy atom. The third-order valence-electron chi connectivity index (χ3n) is 1.77. The number of benzene rings is 1. The SMILES string of the molecule is CON(C)S(=O)(=O)c1ccc(F)cc1Br. The predicted octanol–water partition coefficient (Wildman–Crippen LogP) is 1.77. The van der Waals surface area contributed by atoms with Crippen molar-refractivity contribution in [2.45, 2.75) is 4.90 Å². The molecule has 0 saturated heterocycles. The van der Waals surface area contributed by atoms with Gasteiger partial charge in [0, 0.05) is 11.5 Å². The highest BCUT2D eigenvalue weighted by atomic mass is 79.9. The van der Waals surface area contributed by atoms with E-state index in [1.54, 1.807) is 0 Å². The maximum absolute atomic E-state index is 12.7. The zero-order chi connectivity index (χ0) is 11.6. The average molecular weight is 298 g/mol. The molecule has 0 fully saturated rings. The fourth-order valence-corrected chi connectivity index (χ4v) is 2.90. The average Bonchev–Trinajstić information content (AvgIpc) is 2.15. The van der Waals surface area contributed by atoms with Crippen LogP contribution in [0.1, 0.15) is 0 Å². The van der Waals surface area contributed by atoms with Crippen LogP contribution in [0.2, 0.25) is 0 Å². The van der Waals surface area contributed by atoms with Crippen LogP contribution in [0.3, 0.4) is 0 Å². The van der Waals surface area contributed by atoms with E-state index in [2.05, 4.69) is 20.8 Å². The first kappa shape index (κ1) is 12.6. The molecule has 0 aliphatic carbocycles. The molecule has 0 heterocycles. The van der Waals surface area contributed by atoms with Crippen LogP contribution in [-0.4, -0.2) is 27.0 Å². The fraction of sp³-hybridized carbons (Fsp3) is 0.250. The minimum absolute atomic E-state index is 0.0479. The minimum atomic E-state index is -3.74. The van der Waals surface area contributed by atoms with Crippen molar-refractivity contribution in [3.05, 3.63) is 28.5 Å². The van der Waals surface area contributed by atoms with Crippen LogP contribution in [0.25, 0.3) is 0 Å². The molecule has 0 aliphatic rings. The highest BCUT2D eigenvalue weighted by Crippen LogP contribution is 2.25. The van der Waals surface area contributed by atoms with E-state index in [1.165, 1.54) is 20.2 Å². The summed E-state index contributed by atoms with van der Waals surface area (Å²) in [6.07, 6.45) is 0. The first-order chi connectivity index (χ1) is 6.89. The molecule has 84 valence electrons. The van der Waals surface area contributed by atoms with E-state index in [0.717, 1.165) is 12.1 Å². The van der Waals surface area contributed by atoms with Crippen LogP contribution in [0, 0.1) is 5.82 Å². The van der Waals surface area contributed by atoms with Crippen molar-refractivity contribution in [1.29, 1.82) is 0 Å². The molecular formula is C8H9BrFNO3S. The molecule has 0 radical (unpaired) electrons. The van der Waals surface area contributed by atoms with Crippen molar-refractivity contribution >= 4 is 26.0 Å². The van der Waals surface area contributed by atoms with E-state index in [1.807, 2.05) is 0 Å². The van der Waals surface area contributed by atoms with Crippen LogP contribution in [-0.2, 0) is 14.9 Å². The molecule has 0 unspecified atom stereocenters. The molecule has 0 aromatic heterocycles. The summed E-state index contributed by atoms with van der Waals surface area (Å²) in [5, 5.41) is 0. The van der Waals surface area contributed by atoms with Crippen LogP contribution >= 0.6 is 15.9 Å². The van der Waals surface area contributed by atoms with Crippen LogP contribution in [0.5, 0.6) is 0 Å². The van der Waals surface area contributed by atoms with Gasteiger partial charge >= 0.3 is 0 Å². The largest absolute Gasteiger partial charge is 0.288 e. The Bertz CT molecular complexity index is 463. The maximum atomic E-state index is 12.7. The molecule has 1 aromatic carbocycles. The zero-order valence-electron chi connectivity index (χ0n) is 8.07. The second kappa shape index (κ2) is 4.56. The van der Waals surface area contributed by atoms with E-state index in [-0.39, 0.29) is 9.37 Å². The molecule has 4 nitrogen and oxygen atoms in total. The highest BCUT2D eigenvalue weighted by molar-refractivity contribution is 9.10. The van der Waals surface area contributed by atoms with Gasteiger partial charge in [-0.3, -0.25) is 4.84 Å². The smallest absolute Gasteiger partial charge is 0.265 e. The Kier molecular flexibility index (Phi) is 3.82. The molecule has 0 aliphatic heterocycles. The number of rotatable bonds is 3. The zero-order valence-corrected chi connectivity index (χ0v) is 10.5. The lowest BCUT2D eigenvalue weighted by Crippen LogP contribution is -2.26. The quantitative estimate of drug-likeness (QED) is 0.799. The van der Waals surface area contributed by atoms with Gasteiger partial charge < -0.3 is 0 Å². The molecule has 0 spiro atoms. The number of hydroxylamine groups is 1. The molecular weight excluding hydrogens is 289 g/mol. The molecule has 0 atom stereocenters. The number of hydrogen-bond donors (Lipinski definition) is 0. The Labute approximate surface area is 95.8 Å². The summed E-state index contributed by atoms with van der Waals surface area (Å²) in [6, 6.07) is 3.32. The Morgan fingerprint density at radius 1 is 1.47 bits per heavy atom. The number of sulfonamides is 1. The van der Waals surface area contributed by atoms with Gasteiger partial charge in [0.2, 0.25) is 0 Å². The van der Waals surface area contributed by atoms with Crippen LogP contribution in [0.15, 0.2) is 27.6 Å². The molecule has 0 amide bonds. The lowest BCUT2D eigenvalue weighted by atomic mass is 10.3. The maximum Gasteiger partial charge on any atom is 0.265 e. The number of hydrogen-bond acceptors (Lipinski definition) is 3. The summed E-state index contributed by atoms with van der Waals surface area (Å²) in [5.74, 6) is -0.513. The monoisotopic (exact) mass is 297 g/mol. The van der Waals surface area contributed by atoms with Crippen molar-refractivity contribution < 1.29 is 17.6 Å². The standard InChI is InChI=1S/C8H9BrFNO3S/c1-11(14-2)15(12,13)8-4-3-6(10)5-7(8)9/h3-5H,1-2H3. The topological polar surface area (TPSA) is 46.6 Å². The lowest BCUT2D eigenvalue weighted by molar-refractivity contribution is -0.0259. The molecule has 0 N–H and O–H groups in total. The number of halogens is 2. The fourth-order valence-electron chi connectivity index (χ4n) is 0.921. The van der Waals surface area contributed by atoms with E-state index >= 15 is 0 Å². The third kappa shape index (κ3) is 2.54. The molecule has 1 rings (SSSR count). The molecule has 1 aromatic rings. The summed E-state index contributed by atoms with van der Waals surface area (Å²) in [7, 11) is -1.25. The van der Waals surface area contributed by atoms with Crippen molar-refractivity contribution in [1.82, 2.24) is 4.47 Å². The van der Waals surface area contributed by atoms with Gasteiger partial charge in [0.1, 0.15) is 5.82 Å².